The minimum atomic E-state index is -0.535. The quantitative estimate of drug-likeness (QED) is 0.779. The summed E-state index contributed by atoms with van der Waals surface area (Å²) in [4.78, 5) is 28.9. The smallest absolute Gasteiger partial charge is 0.407 e. The molecule has 0 aliphatic carbocycles. The van der Waals surface area contributed by atoms with Crippen molar-refractivity contribution in [2.75, 3.05) is 34.3 Å². The van der Waals surface area contributed by atoms with Gasteiger partial charge in [-0.1, -0.05) is 0 Å². The Labute approximate surface area is 118 Å². The fraction of sp³-hybridized carbons (Fsp3) is 0.462. The molecule has 7 nitrogen and oxygen atoms in total. The molecule has 0 aliphatic heterocycles. The Hall–Kier alpha value is -2.15. The van der Waals surface area contributed by atoms with Gasteiger partial charge in [0, 0.05) is 24.8 Å². The Kier molecular flexibility index (Phi) is 6.45. The first-order chi connectivity index (χ1) is 9.52. The van der Waals surface area contributed by atoms with Gasteiger partial charge in [-0.25, -0.2) is 4.79 Å². The molecule has 0 unspecified atom stereocenters. The largest absolute Gasteiger partial charge is 0.453 e. The van der Waals surface area contributed by atoms with Crippen LogP contribution in [0.5, 0.6) is 0 Å². The number of hydrogen-bond acceptors (Lipinski definition) is 5. The van der Waals surface area contributed by atoms with Crippen molar-refractivity contribution in [3.8, 4) is 0 Å². The summed E-state index contributed by atoms with van der Waals surface area (Å²) in [6.07, 6.45) is 1.00. The first-order valence-corrected chi connectivity index (χ1v) is 6.22. The molecule has 0 saturated heterocycles. The van der Waals surface area contributed by atoms with Gasteiger partial charge in [0.1, 0.15) is 0 Å². The van der Waals surface area contributed by atoms with Crippen LogP contribution in [-0.4, -0.2) is 56.2 Å². The third-order valence-electron chi connectivity index (χ3n) is 2.52. The van der Waals surface area contributed by atoms with Crippen molar-refractivity contribution >= 4 is 12.0 Å². The molecule has 110 valence electrons. The highest BCUT2D eigenvalue weighted by atomic mass is 16.5. The average molecular weight is 280 g/mol. The number of amides is 2. The number of carbonyl (C=O) groups is 2. The molecular weight excluding hydrogens is 260 g/mol. The van der Waals surface area contributed by atoms with Crippen molar-refractivity contribution in [2.24, 2.45) is 0 Å². The second-order valence-corrected chi connectivity index (χ2v) is 4.44. The van der Waals surface area contributed by atoms with E-state index in [4.69, 9.17) is 0 Å². The van der Waals surface area contributed by atoms with Crippen LogP contribution in [0.2, 0.25) is 0 Å². The fourth-order valence-corrected chi connectivity index (χ4v) is 1.45. The Morgan fingerprint density at radius 1 is 1.35 bits per heavy atom. The maximum atomic E-state index is 11.9. The van der Waals surface area contributed by atoms with Crippen molar-refractivity contribution in [3.05, 3.63) is 29.6 Å². The second-order valence-electron chi connectivity index (χ2n) is 4.44. The maximum absolute atomic E-state index is 11.9. The lowest BCUT2D eigenvalue weighted by molar-refractivity contribution is 0.0951. The number of aromatic nitrogens is 1. The second kappa shape index (κ2) is 8.11. The topological polar surface area (TPSA) is 83.6 Å². The first kappa shape index (κ1) is 15.9. The van der Waals surface area contributed by atoms with Crippen LogP contribution in [0.4, 0.5) is 4.79 Å². The van der Waals surface area contributed by atoms with E-state index in [0.29, 0.717) is 17.8 Å². The minimum absolute atomic E-state index is 0.159. The molecule has 1 aromatic heterocycles. The highest BCUT2D eigenvalue weighted by Gasteiger charge is 2.07. The monoisotopic (exact) mass is 280 g/mol. The number of alkyl carbamates (subject to hydrolysis) is 1. The standard InChI is InChI=1S/C13H20N4O3/c1-17(2)7-6-15-12(18)10-4-5-14-11(8-10)9-16-13(19)20-3/h4-5,8H,6-7,9H2,1-3H3,(H,15,18)(H,16,19). The van der Waals surface area contributed by atoms with Gasteiger partial charge in [0.25, 0.3) is 5.91 Å². The molecule has 0 bridgehead atoms. The summed E-state index contributed by atoms with van der Waals surface area (Å²) in [6.45, 7) is 1.56. The first-order valence-electron chi connectivity index (χ1n) is 6.22. The molecule has 0 saturated carbocycles. The van der Waals surface area contributed by atoms with E-state index in [1.165, 1.54) is 13.3 Å². The molecule has 1 heterocycles. The number of hydrogen-bond donors (Lipinski definition) is 2. The van der Waals surface area contributed by atoms with Gasteiger partial charge in [-0.3, -0.25) is 9.78 Å². The normalized spacial score (nSPS) is 10.2. The number of ether oxygens (including phenoxy) is 1. The Morgan fingerprint density at radius 2 is 2.10 bits per heavy atom. The highest BCUT2D eigenvalue weighted by molar-refractivity contribution is 5.94. The average Bonchev–Trinajstić information content (AvgIpc) is 2.44. The third kappa shape index (κ3) is 5.66. The Bertz CT molecular complexity index is 463. The van der Waals surface area contributed by atoms with E-state index in [1.807, 2.05) is 19.0 Å². The number of pyridine rings is 1. The highest BCUT2D eigenvalue weighted by Crippen LogP contribution is 2.02. The van der Waals surface area contributed by atoms with Gasteiger partial charge in [-0.05, 0) is 26.2 Å². The fourth-order valence-electron chi connectivity index (χ4n) is 1.45. The van der Waals surface area contributed by atoms with Crippen molar-refractivity contribution in [2.45, 2.75) is 6.54 Å². The van der Waals surface area contributed by atoms with Gasteiger partial charge >= 0.3 is 6.09 Å². The zero-order valence-corrected chi connectivity index (χ0v) is 12.0. The molecule has 0 spiro atoms. The molecule has 0 radical (unpaired) electrons. The SMILES string of the molecule is COC(=O)NCc1cc(C(=O)NCCN(C)C)ccn1. The van der Waals surface area contributed by atoms with Crippen LogP contribution in [-0.2, 0) is 11.3 Å². The summed E-state index contributed by atoms with van der Waals surface area (Å²) in [5.74, 6) is -0.159. The molecule has 2 N–H and O–H groups in total. The van der Waals surface area contributed by atoms with Gasteiger partial charge in [0.15, 0.2) is 0 Å². The van der Waals surface area contributed by atoms with E-state index >= 15 is 0 Å². The molecule has 0 fully saturated rings. The molecule has 0 aliphatic rings. The number of carbonyl (C=O) groups excluding carboxylic acids is 2. The predicted octanol–water partition coefficient (Wildman–Crippen LogP) is 0.229. The molecule has 1 rings (SSSR count). The summed E-state index contributed by atoms with van der Waals surface area (Å²) in [7, 11) is 5.17. The van der Waals surface area contributed by atoms with Gasteiger partial charge in [-0.2, -0.15) is 0 Å². The summed E-state index contributed by atoms with van der Waals surface area (Å²) < 4.78 is 4.46. The lowest BCUT2D eigenvalue weighted by Gasteiger charge is -2.10. The van der Waals surface area contributed by atoms with Crippen LogP contribution >= 0.6 is 0 Å². The van der Waals surface area contributed by atoms with Crippen molar-refractivity contribution in [1.29, 1.82) is 0 Å². The number of rotatable bonds is 6. The summed E-state index contributed by atoms with van der Waals surface area (Å²) >= 11 is 0. The summed E-state index contributed by atoms with van der Waals surface area (Å²) in [5, 5.41) is 5.32. The summed E-state index contributed by atoms with van der Waals surface area (Å²) in [6, 6.07) is 3.27. The van der Waals surface area contributed by atoms with Gasteiger partial charge in [0.05, 0.1) is 19.3 Å². The lowest BCUT2D eigenvalue weighted by atomic mass is 10.2. The third-order valence-corrected chi connectivity index (χ3v) is 2.52. The zero-order chi connectivity index (χ0) is 15.0. The van der Waals surface area contributed by atoms with Crippen LogP contribution in [0.3, 0.4) is 0 Å². The number of nitrogens with one attached hydrogen (secondary N) is 2. The van der Waals surface area contributed by atoms with E-state index < -0.39 is 6.09 Å². The van der Waals surface area contributed by atoms with Crippen molar-refractivity contribution < 1.29 is 14.3 Å². The Balaban J connectivity index is 2.54. The van der Waals surface area contributed by atoms with E-state index in [0.717, 1.165) is 6.54 Å². The summed E-state index contributed by atoms with van der Waals surface area (Å²) in [5.41, 5.74) is 1.11. The predicted molar refractivity (Wildman–Crippen MR) is 74.4 cm³/mol. The molecule has 1 aromatic rings. The van der Waals surface area contributed by atoms with Crippen LogP contribution in [0, 0.1) is 0 Å². The molecular formula is C13H20N4O3. The van der Waals surface area contributed by atoms with E-state index in [2.05, 4.69) is 20.4 Å². The molecule has 0 atom stereocenters. The van der Waals surface area contributed by atoms with Crippen LogP contribution < -0.4 is 10.6 Å². The number of methoxy groups -OCH3 is 1. The number of nitrogens with zero attached hydrogens (tertiary/aromatic N) is 2. The van der Waals surface area contributed by atoms with Crippen LogP contribution in [0.1, 0.15) is 16.1 Å². The van der Waals surface area contributed by atoms with E-state index in [1.54, 1.807) is 12.1 Å². The van der Waals surface area contributed by atoms with Crippen molar-refractivity contribution in [3.63, 3.8) is 0 Å². The zero-order valence-electron chi connectivity index (χ0n) is 12.0. The van der Waals surface area contributed by atoms with Gasteiger partial charge < -0.3 is 20.3 Å². The van der Waals surface area contributed by atoms with E-state index in [9.17, 15) is 9.59 Å². The minimum Gasteiger partial charge on any atom is -0.453 e. The van der Waals surface area contributed by atoms with Crippen LogP contribution in [0.15, 0.2) is 18.3 Å². The molecule has 20 heavy (non-hydrogen) atoms. The number of likely N-dealkylation sites (N-methyl/N-ethyl adjacent to an activating group) is 1. The maximum Gasteiger partial charge on any atom is 0.407 e. The van der Waals surface area contributed by atoms with E-state index in [-0.39, 0.29) is 12.5 Å². The molecule has 0 aromatic carbocycles. The lowest BCUT2D eigenvalue weighted by Crippen LogP contribution is -2.31. The van der Waals surface area contributed by atoms with Gasteiger partial charge in [-0.15, -0.1) is 0 Å². The van der Waals surface area contributed by atoms with Gasteiger partial charge in [0.2, 0.25) is 0 Å². The van der Waals surface area contributed by atoms with Crippen LogP contribution in [0.25, 0.3) is 0 Å². The molecule has 7 heteroatoms. The van der Waals surface area contributed by atoms with Crippen molar-refractivity contribution in [1.82, 2.24) is 20.5 Å². The Morgan fingerprint density at radius 3 is 2.75 bits per heavy atom. The molecule has 2 amide bonds.